The van der Waals surface area contributed by atoms with Crippen molar-refractivity contribution in [1.82, 2.24) is 9.88 Å². The lowest BCUT2D eigenvalue weighted by atomic mass is 10.1. The van der Waals surface area contributed by atoms with Gasteiger partial charge in [-0.1, -0.05) is 0 Å². The first-order chi connectivity index (χ1) is 14.3. The minimum atomic E-state index is -1.46. The van der Waals surface area contributed by atoms with Crippen molar-refractivity contribution in [3.63, 3.8) is 0 Å². The molecule has 2 heterocycles. The first-order valence-corrected chi connectivity index (χ1v) is 9.92. The Kier molecular flexibility index (Phi) is 23.5. The molecule has 1 aliphatic heterocycles. The lowest BCUT2D eigenvalue weighted by Crippen LogP contribution is -2.38. The number of likely N-dealkylation sites (N-methyl/N-ethyl adjacent to an activating group) is 1. The van der Waals surface area contributed by atoms with Crippen molar-refractivity contribution in [3.05, 3.63) is 33.6 Å². The van der Waals surface area contributed by atoms with Gasteiger partial charge in [0, 0.05) is 31.9 Å². The molecule has 1 saturated heterocycles. The highest BCUT2D eigenvalue weighted by atomic mass is 35.5. The molecule has 18 heteroatoms. The molecular formula is C20H32Cl8F2N4O4. The van der Waals surface area contributed by atoms with Gasteiger partial charge in [-0.05, 0) is 26.8 Å². The molecule has 1 aromatic heterocycles. The van der Waals surface area contributed by atoms with Crippen LogP contribution >= 0.6 is 99.3 Å². The molecule has 2 fully saturated rings. The minimum Gasteiger partial charge on any atom is -0.477 e. The number of nitrogens with zero attached hydrogens (tertiary/aromatic N) is 2. The Morgan fingerprint density at radius 2 is 1.63 bits per heavy atom. The molecule has 2 aliphatic rings. The Labute approximate surface area is 268 Å². The van der Waals surface area contributed by atoms with Crippen molar-refractivity contribution in [2.24, 2.45) is 0 Å². The molecule has 1 aromatic carbocycles. The van der Waals surface area contributed by atoms with Gasteiger partial charge in [-0.2, -0.15) is 0 Å². The third-order valence-corrected chi connectivity index (χ3v) is 5.87. The van der Waals surface area contributed by atoms with E-state index in [1.165, 1.54) is 9.47 Å². The van der Waals surface area contributed by atoms with Gasteiger partial charge in [-0.15, -0.1) is 99.3 Å². The summed E-state index contributed by atoms with van der Waals surface area (Å²) in [4.78, 5) is 25.7. The van der Waals surface area contributed by atoms with Gasteiger partial charge in [0.1, 0.15) is 11.3 Å². The van der Waals surface area contributed by atoms with Gasteiger partial charge in [0.05, 0.1) is 28.7 Å². The standard InChI is InChI=1S/C20H24F2N4O4.8ClH/c1-3-30-12-8-25(7-11(12)24-2)18-14(21)16(23)13-17(15(18)22)26(9-4-5-9)6-10(19(13)27)20(28)29;;;;;;;;/h6,9,11-12,24H,3-5,7-8,23H2,1-2H3,(H,28,29);8*1H/t11-,12+;;;;;;;;/m0......../s1. The van der Waals surface area contributed by atoms with E-state index in [-0.39, 0.29) is 135 Å². The summed E-state index contributed by atoms with van der Waals surface area (Å²) >= 11 is 0. The Morgan fingerprint density at radius 3 is 2.08 bits per heavy atom. The van der Waals surface area contributed by atoms with Crippen LogP contribution in [0.2, 0.25) is 0 Å². The zero-order valence-electron chi connectivity index (χ0n) is 20.0. The van der Waals surface area contributed by atoms with Crippen LogP contribution in [0, 0.1) is 11.6 Å². The average molecular weight is 714 g/mol. The summed E-state index contributed by atoms with van der Waals surface area (Å²) in [5, 5.41) is 12.0. The first kappa shape index (κ1) is 47.4. The molecule has 226 valence electrons. The van der Waals surface area contributed by atoms with Gasteiger partial charge in [-0.3, -0.25) is 4.79 Å². The largest absolute Gasteiger partial charge is 0.477 e. The normalized spacial score (nSPS) is 17.0. The highest BCUT2D eigenvalue weighted by Gasteiger charge is 2.38. The predicted molar refractivity (Wildman–Crippen MR) is 166 cm³/mol. The van der Waals surface area contributed by atoms with Crippen LogP contribution in [0.3, 0.4) is 0 Å². The zero-order chi connectivity index (χ0) is 21.7. The molecule has 1 saturated carbocycles. The summed E-state index contributed by atoms with van der Waals surface area (Å²) < 4.78 is 38.2. The van der Waals surface area contributed by atoms with Crippen LogP contribution in [0.15, 0.2) is 11.0 Å². The second-order valence-corrected chi connectivity index (χ2v) is 7.72. The fourth-order valence-corrected chi connectivity index (χ4v) is 4.24. The summed E-state index contributed by atoms with van der Waals surface area (Å²) in [6, 6.07) is -0.293. The number of carboxylic acid groups (broad SMARTS) is 1. The van der Waals surface area contributed by atoms with E-state index < -0.39 is 39.7 Å². The SMILES string of the molecule is CCO[C@@H]1CN(c2c(F)c(N)c3c(=O)c(C(=O)O)cn(C4CC4)c3c2F)C[C@@H]1NC.Cl.Cl.Cl.Cl.Cl.Cl.Cl.Cl. The quantitative estimate of drug-likeness (QED) is 0.359. The van der Waals surface area contributed by atoms with Crippen LogP contribution in [-0.2, 0) is 4.74 Å². The first-order valence-electron chi connectivity index (χ1n) is 9.92. The number of ether oxygens (including phenoxy) is 1. The minimum absolute atomic E-state index is 0. The number of benzene rings is 1. The maximum atomic E-state index is 15.8. The highest BCUT2D eigenvalue weighted by Crippen LogP contribution is 2.42. The van der Waals surface area contributed by atoms with Crippen molar-refractivity contribution >= 4 is 128 Å². The number of carbonyl (C=O) groups is 1. The lowest BCUT2D eigenvalue weighted by Gasteiger charge is -2.23. The van der Waals surface area contributed by atoms with Crippen molar-refractivity contribution in [1.29, 1.82) is 0 Å². The summed E-state index contributed by atoms with van der Waals surface area (Å²) in [6.45, 7) is 2.85. The number of hydrogen-bond donors (Lipinski definition) is 3. The van der Waals surface area contributed by atoms with Crippen molar-refractivity contribution in [3.8, 4) is 0 Å². The topological polar surface area (TPSA) is 110 Å². The van der Waals surface area contributed by atoms with Crippen molar-refractivity contribution in [2.75, 3.05) is 37.4 Å². The van der Waals surface area contributed by atoms with Gasteiger partial charge >= 0.3 is 5.97 Å². The number of anilines is 2. The van der Waals surface area contributed by atoms with Crippen LogP contribution in [0.5, 0.6) is 0 Å². The number of halogens is 10. The van der Waals surface area contributed by atoms with E-state index in [1.807, 2.05) is 6.92 Å². The van der Waals surface area contributed by atoms with E-state index in [2.05, 4.69) is 5.32 Å². The van der Waals surface area contributed by atoms with Gasteiger partial charge in [0.15, 0.2) is 11.6 Å². The molecule has 0 bridgehead atoms. The van der Waals surface area contributed by atoms with Gasteiger partial charge < -0.3 is 30.4 Å². The van der Waals surface area contributed by atoms with Gasteiger partial charge in [0.2, 0.25) is 5.43 Å². The second kappa shape index (κ2) is 18.9. The molecule has 0 spiro atoms. The molecule has 4 rings (SSSR count). The van der Waals surface area contributed by atoms with E-state index in [4.69, 9.17) is 10.5 Å². The molecule has 2 atom stereocenters. The number of nitrogens with two attached hydrogens (primary N) is 1. The number of aromatic carboxylic acids is 1. The molecule has 1 aliphatic carbocycles. The van der Waals surface area contributed by atoms with Gasteiger partial charge in [0.25, 0.3) is 0 Å². The smallest absolute Gasteiger partial charge is 0.341 e. The number of nitrogens with one attached hydrogen (secondary N) is 1. The number of nitrogen functional groups attached to an aromatic ring is 1. The van der Waals surface area contributed by atoms with E-state index in [9.17, 15) is 14.7 Å². The van der Waals surface area contributed by atoms with E-state index in [1.54, 1.807) is 7.05 Å². The third-order valence-electron chi connectivity index (χ3n) is 5.87. The van der Waals surface area contributed by atoms with Crippen LogP contribution in [0.4, 0.5) is 20.2 Å². The Hall–Kier alpha value is -0.400. The van der Waals surface area contributed by atoms with E-state index in [0.717, 1.165) is 6.20 Å². The maximum Gasteiger partial charge on any atom is 0.341 e. The molecular weight excluding hydrogens is 682 g/mol. The van der Waals surface area contributed by atoms with Crippen LogP contribution in [-0.4, -0.2) is 54.5 Å². The molecule has 0 unspecified atom stereocenters. The monoisotopic (exact) mass is 710 g/mol. The third kappa shape index (κ3) is 8.31. The fourth-order valence-electron chi connectivity index (χ4n) is 4.24. The highest BCUT2D eigenvalue weighted by molar-refractivity contribution is 6.00. The number of carboxylic acids is 1. The Morgan fingerprint density at radius 1 is 1.08 bits per heavy atom. The van der Waals surface area contributed by atoms with Crippen molar-refractivity contribution < 1.29 is 23.4 Å². The molecule has 4 N–H and O–H groups in total. The Balaban J connectivity index is -0.000000454. The summed E-state index contributed by atoms with van der Waals surface area (Å²) in [7, 11) is 1.75. The van der Waals surface area contributed by atoms with E-state index in [0.29, 0.717) is 26.0 Å². The van der Waals surface area contributed by atoms with Crippen LogP contribution in [0.1, 0.15) is 36.2 Å². The number of pyridine rings is 1. The fraction of sp³-hybridized carbons (Fsp3) is 0.500. The molecule has 0 amide bonds. The van der Waals surface area contributed by atoms with E-state index >= 15 is 8.78 Å². The number of aromatic nitrogens is 1. The molecule has 38 heavy (non-hydrogen) atoms. The Bertz CT molecular complexity index is 1110. The predicted octanol–water partition coefficient (Wildman–Crippen LogP) is 5.08. The molecule has 2 aromatic rings. The average Bonchev–Trinajstić information content (AvgIpc) is 3.47. The number of rotatable bonds is 6. The van der Waals surface area contributed by atoms with Crippen LogP contribution < -0.4 is 21.4 Å². The molecule has 8 nitrogen and oxygen atoms in total. The second-order valence-electron chi connectivity index (χ2n) is 7.72. The lowest BCUT2D eigenvalue weighted by molar-refractivity contribution is 0.0612. The van der Waals surface area contributed by atoms with Crippen LogP contribution in [0.25, 0.3) is 10.9 Å². The maximum absolute atomic E-state index is 15.8. The van der Waals surface area contributed by atoms with Gasteiger partial charge in [-0.25, -0.2) is 13.6 Å². The summed E-state index contributed by atoms with van der Waals surface area (Å²) in [5.41, 5.74) is 3.40. The molecule has 0 radical (unpaired) electrons. The summed E-state index contributed by atoms with van der Waals surface area (Å²) in [6.07, 6.45) is 2.29. The van der Waals surface area contributed by atoms with Crippen molar-refractivity contribution in [2.45, 2.75) is 38.0 Å². The number of fused-ring (bicyclic) bond motifs is 1. The summed E-state index contributed by atoms with van der Waals surface area (Å²) in [5.74, 6) is -3.44. The zero-order valence-corrected chi connectivity index (χ0v) is 26.5. The number of hydrogen-bond acceptors (Lipinski definition) is 6.